The van der Waals surface area contributed by atoms with Crippen molar-refractivity contribution in [3.8, 4) is 0 Å². The van der Waals surface area contributed by atoms with Crippen LogP contribution in [-0.4, -0.2) is 40.9 Å². The number of halogens is 1. The minimum atomic E-state index is -0.207. The summed E-state index contributed by atoms with van der Waals surface area (Å²) < 4.78 is 20.9. The first-order chi connectivity index (χ1) is 10.6. The molecule has 0 amide bonds. The van der Waals surface area contributed by atoms with Gasteiger partial charge in [-0.3, -0.25) is 9.58 Å². The lowest BCUT2D eigenvalue weighted by Gasteiger charge is -2.33. The van der Waals surface area contributed by atoms with Crippen molar-refractivity contribution in [2.75, 3.05) is 26.2 Å². The van der Waals surface area contributed by atoms with Gasteiger partial charge in [-0.15, -0.1) is 0 Å². The van der Waals surface area contributed by atoms with E-state index in [4.69, 9.17) is 4.74 Å². The number of benzene rings is 1. The topological polar surface area (TPSA) is 30.3 Å². The summed E-state index contributed by atoms with van der Waals surface area (Å²) in [4.78, 5) is 2.38. The van der Waals surface area contributed by atoms with Crippen LogP contribution in [0.2, 0.25) is 0 Å². The van der Waals surface area contributed by atoms with Gasteiger partial charge in [-0.25, -0.2) is 4.39 Å². The molecule has 1 aliphatic heterocycles. The van der Waals surface area contributed by atoms with Crippen molar-refractivity contribution in [2.45, 2.75) is 26.5 Å². The van der Waals surface area contributed by atoms with Gasteiger partial charge in [-0.05, 0) is 37.6 Å². The maximum atomic E-state index is 13.0. The van der Waals surface area contributed by atoms with Crippen LogP contribution in [-0.2, 0) is 11.3 Å². The molecule has 1 saturated heterocycles. The zero-order valence-electron chi connectivity index (χ0n) is 13.1. The molecule has 0 aliphatic carbocycles. The van der Waals surface area contributed by atoms with E-state index in [0.29, 0.717) is 6.61 Å². The molecule has 3 rings (SSSR count). The maximum Gasteiger partial charge on any atom is 0.123 e. The molecular formula is C17H22FN3O. The molecule has 1 aliphatic rings. The Morgan fingerprint density at radius 3 is 2.68 bits per heavy atom. The molecule has 0 N–H and O–H groups in total. The van der Waals surface area contributed by atoms with Crippen LogP contribution in [0.25, 0.3) is 0 Å². The molecule has 4 nitrogen and oxygen atoms in total. The second kappa shape index (κ2) is 6.58. The van der Waals surface area contributed by atoms with E-state index in [9.17, 15) is 4.39 Å². The van der Waals surface area contributed by atoms with Gasteiger partial charge < -0.3 is 4.74 Å². The number of ether oxygens (including phenoxy) is 1. The minimum Gasteiger partial charge on any atom is -0.371 e. The number of rotatable bonds is 4. The Hall–Kier alpha value is -1.72. The van der Waals surface area contributed by atoms with Crippen LogP contribution >= 0.6 is 0 Å². The molecule has 0 radical (unpaired) electrons. The smallest absolute Gasteiger partial charge is 0.123 e. The molecule has 1 aromatic carbocycles. The summed E-state index contributed by atoms with van der Waals surface area (Å²) in [6.45, 7) is 8.41. The molecule has 2 heterocycles. The van der Waals surface area contributed by atoms with Crippen molar-refractivity contribution in [1.82, 2.24) is 14.7 Å². The molecule has 1 fully saturated rings. The first kappa shape index (κ1) is 15.2. The number of hydrogen-bond acceptors (Lipinski definition) is 3. The van der Waals surface area contributed by atoms with Crippen LogP contribution < -0.4 is 0 Å². The van der Waals surface area contributed by atoms with E-state index in [1.54, 1.807) is 0 Å². The van der Waals surface area contributed by atoms with Gasteiger partial charge in [0, 0.05) is 25.3 Å². The zero-order chi connectivity index (χ0) is 15.5. The molecule has 1 atom stereocenters. The van der Waals surface area contributed by atoms with Crippen LogP contribution in [0, 0.1) is 19.7 Å². The molecule has 1 aromatic heterocycles. The monoisotopic (exact) mass is 303 g/mol. The average Bonchev–Trinajstić information content (AvgIpc) is 2.84. The summed E-state index contributed by atoms with van der Waals surface area (Å²) in [6, 6.07) is 8.71. The molecule has 5 heteroatoms. The molecule has 0 bridgehead atoms. The van der Waals surface area contributed by atoms with E-state index in [2.05, 4.69) is 27.7 Å². The second-order valence-corrected chi connectivity index (χ2v) is 5.86. The fraction of sp³-hybridized carbons (Fsp3) is 0.471. The van der Waals surface area contributed by atoms with Gasteiger partial charge in [0.25, 0.3) is 0 Å². The standard InChI is InChI=1S/C17H22FN3O/c1-13-11-14(2)21(19-13)8-7-20-9-10-22-17(12-20)15-3-5-16(18)6-4-15/h3-6,11,17H,7-10,12H2,1-2H3. The Bertz CT molecular complexity index is 623. The van der Waals surface area contributed by atoms with Crippen LogP contribution in [0.5, 0.6) is 0 Å². The number of aromatic nitrogens is 2. The summed E-state index contributed by atoms with van der Waals surface area (Å²) in [6.07, 6.45) is 0.0230. The van der Waals surface area contributed by atoms with Crippen molar-refractivity contribution >= 4 is 0 Å². The second-order valence-electron chi connectivity index (χ2n) is 5.86. The third kappa shape index (κ3) is 3.54. The average molecular weight is 303 g/mol. The van der Waals surface area contributed by atoms with Gasteiger partial charge in [-0.2, -0.15) is 5.10 Å². The van der Waals surface area contributed by atoms with Crippen LogP contribution in [0.15, 0.2) is 30.3 Å². The van der Waals surface area contributed by atoms with Gasteiger partial charge in [0.15, 0.2) is 0 Å². The molecule has 1 unspecified atom stereocenters. The Morgan fingerprint density at radius 2 is 2.00 bits per heavy atom. The van der Waals surface area contributed by atoms with E-state index < -0.39 is 0 Å². The summed E-state index contributed by atoms with van der Waals surface area (Å²) in [5.74, 6) is -0.207. The maximum absolute atomic E-state index is 13.0. The zero-order valence-corrected chi connectivity index (χ0v) is 13.1. The van der Waals surface area contributed by atoms with Gasteiger partial charge in [-0.1, -0.05) is 12.1 Å². The number of aryl methyl sites for hydroxylation is 2. The fourth-order valence-corrected chi connectivity index (χ4v) is 2.92. The Labute approximate surface area is 130 Å². The summed E-state index contributed by atoms with van der Waals surface area (Å²) >= 11 is 0. The van der Waals surface area contributed by atoms with Crippen molar-refractivity contribution in [2.24, 2.45) is 0 Å². The first-order valence-corrected chi connectivity index (χ1v) is 7.72. The lowest BCUT2D eigenvalue weighted by Crippen LogP contribution is -2.40. The molecule has 0 spiro atoms. The van der Waals surface area contributed by atoms with Crippen molar-refractivity contribution < 1.29 is 9.13 Å². The summed E-state index contributed by atoms with van der Waals surface area (Å²) in [5, 5.41) is 4.50. The molecule has 0 saturated carbocycles. The van der Waals surface area contributed by atoms with E-state index >= 15 is 0 Å². The molecule has 22 heavy (non-hydrogen) atoms. The van der Waals surface area contributed by atoms with Crippen LogP contribution in [0.1, 0.15) is 23.1 Å². The van der Waals surface area contributed by atoms with E-state index in [0.717, 1.165) is 37.4 Å². The van der Waals surface area contributed by atoms with E-state index in [1.807, 2.05) is 19.1 Å². The van der Waals surface area contributed by atoms with E-state index in [-0.39, 0.29) is 11.9 Å². The van der Waals surface area contributed by atoms with E-state index in [1.165, 1.54) is 17.8 Å². The normalized spacial score (nSPS) is 19.5. The first-order valence-electron chi connectivity index (χ1n) is 7.72. The highest BCUT2D eigenvalue weighted by atomic mass is 19.1. The van der Waals surface area contributed by atoms with Crippen molar-refractivity contribution in [3.63, 3.8) is 0 Å². The lowest BCUT2D eigenvalue weighted by molar-refractivity contribution is -0.0311. The van der Waals surface area contributed by atoms with Crippen molar-refractivity contribution in [1.29, 1.82) is 0 Å². The third-order valence-corrected chi connectivity index (χ3v) is 4.12. The minimum absolute atomic E-state index is 0.0230. The number of hydrogen-bond donors (Lipinski definition) is 0. The van der Waals surface area contributed by atoms with Crippen LogP contribution in [0.3, 0.4) is 0 Å². The Kier molecular flexibility index (Phi) is 4.55. The molecule has 118 valence electrons. The SMILES string of the molecule is Cc1cc(C)n(CCN2CCOC(c3ccc(F)cc3)C2)n1. The largest absolute Gasteiger partial charge is 0.371 e. The van der Waals surface area contributed by atoms with Crippen LogP contribution in [0.4, 0.5) is 4.39 Å². The van der Waals surface area contributed by atoms with Gasteiger partial charge in [0.05, 0.1) is 24.9 Å². The predicted molar refractivity (Wildman–Crippen MR) is 83.2 cm³/mol. The number of nitrogens with zero attached hydrogens (tertiary/aromatic N) is 3. The highest BCUT2D eigenvalue weighted by Gasteiger charge is 2.21. The predicted octanol–water partition coefficient (Wildman–Crippen LogP) is 2.71. The Balaban J connectivity index is 1.58. The Morgan fingerprint density at radius 1 is 1.23 bits per heavy atom. The van der Waals surface area contributed by atoms with Gasteiger partial charge in [0.1, 0.15) is 5.82 Å². The fourth-order valence-electron chi connectivity index (χ4n) is 2.92. The lowest BCUT2D eigenvalue weighted by atomic mass is 10.1. The quantitative estimate of drug-likeness (QED) is 0.870. The van der Waals surface area contributed by atoms with Gasteiger partial charge in [0.2, 0.25) is 0 Å². The molecule has 2 aromatic rings. The van der Waals surface area contributed by atoms with Gasteiger partial charge >= 0.3 is 0 Å². The summed E-state index contributed by atoms with van der Waals surface area (Å²) in [5.41, 5.74) is 3.29. The summed E-state index contributed by atoms with van der Waals surface area (Å²) in [7, 11) is 0. The third-order valence-electron chi connectivity index (χ3n) is 4.12. The number of morpholine rings is 1. The highest BCUT2D eigenvalue weighted by molar-refractivity contribution is 5.19. The van der Waals surface area contributed by atoms with Crippen molar-refractivity contribution in [3.05, 3.63) is 53.1 Å². The molecular weight excluding hydrogens is 281 g/mol. The highest BCUT2D eigenvalue weighted by Crippen LogP contribution is 2.22.